The summed E-state index contributed by atoms with van der Waals surface area (Å²) in [6, 6.07) is 60.4. The fraction of sp³-hybridized carbons (Fsp3) is 0.433. The van der Waals surface area contributed by atoms with Gasteiger partial charge in [0.1, 0.15) is 5.60 Å². The molecule has 0 bridgehead atoms. The van der Waals surface area contributed by atoms with Gasteiger partial charge in [-0.05, 0) is 186 Å². The number of ketones is 3. The standard InChI is InChI=1S/C28H33NO2P2.C24H26O2P2.C22H29NO2P2.8C2H6/c1-28(2,29-12-14-31-15-13-29)27(30)24-5-3-4-22(16-24)20-6-8-21(9-7-20)23-10-11-25(18-32)26(17-23)19-33;1-24(2,26)23(25)20-5-3-4-18(12-20)16-6-8-17(9-7-16)19-10-11-21(14-27)22(13-19)15-28;1-22(2,23-8-10-25-11-9-23)21(24)18-5-3-4-16(12-18)17-6-7-19(14-26)20(13-17)15-27;8*1-2/h3-11,16-17H,12-15,18-19,32-33H2,1-2H3;3-13,26H,14-15,27-28H2,1-2H3;3-7,12-13H,8-11,14-15,26-27H2,1-2H3;8*1-2H3. The number of hydrogen-bond acceptors (Lipinski definition) is 8. The first-order chi connectivity index (χ1) is 50.2. The molecule has 6 atom stereocenters. The molecule has 10 rings (SSSR count). The summed E-state index contributed by atoms with van der Waals surface area (Å²) in [7, 11) is 16.8. The average molecular weight is 1530 g/mol. The number of nitrogens with zero attached hydrogens (tertiary/aromatic N) is 2. The minimum Gasteiger partial charge on any atom is -0.382 e. The maximum atomic E-state index is 13.4. The Morgan fingerprint density at radius 1 is 0.298 bits per heavy atom. The van der Waals surface area contributed by atoms with Gasteiger partial charge in [0.05, 0.1) is 37.5 Å². The van der Waals surface area contributed by atoms with Crippen LogP contribution in [0, 0.1) is 0 Å². The van der Waals surface area contributed by atoms with Gasteiger partial charge < -0.3 is 14.6 Å². The predicted molar refractivity (Wildman–Crippen MR) is 480 cm³/mol. The third-order valence-corrected chi connectivity index (χ3v) is 19.7. The molecule has 104 heavy (non-hydrogen) atoms. The van der Waals surface area contributed by atoms with E-state index in [2.05, 4.69) is 180 Å². The summed E-state index contributed by atoms with van der Waals surface area (Å²) in [5, 5.41) is 9.99. The third-order valence-electron chi connectivity index (χ3n) is 17.0. The molecule has 2 heterocycles. The summed E-state index contributed by atoms with van der Waals surface area (Å²) in [4.78, 5) is 43.5. The Labute approximate surface area is 647 Å². The van der Waals surface area contributed by atoms with Gasteiger partial charge in [-0.15, -0.1) is 55.4 Å². The number of hydrogen-bond donors (Lipinski definition) is 1. The number of aliphatic hydroxyl groups is 1. The van der Waals surface area contributed by atoms with E-state index in [0.29, 0.717) is 32.0 Å². The zero-order valence-corrected chi connectivity index (χ0v) is 74.9. The van der Waals surface area contributed by atoms with Crippen LogP contribution in [0.1, 0.15) is 217 Å². The molecule has 8 nitrogen and oxygen atoms in total. The number of carbonyl (C=O) groups is 3. The van der Waals surface area contributed by atoms with Gasteiger partial charge in [0.25, 0.3) is 0 Å². The highest BCUT2D eigenvalue weighted by atomic mass is 31.0. The molecule has 0 saturated carbocycles. The van der Waals surface area contributed by atoms with Gasteiger partial charge in [0.2, 0.25) is 0 Å². The third kappa shape index (κ3) is 29.6. The smallest absolute Gasteiger partial charge is 0.193 e. The number of benzene rings is 8. The van der Waals surface area contributed by atoms with Gasteiger partial charge in [-0.3, -0.25) is 24.2 Å². The number of carbonyl (C=O) groups excluding carboxylic acids is 3. The fourth-order valence-corrected chi connectivity index (χ4v) is 13.7. The zero-order chi connectivity index (χ0) is 79.2. The van der Waals surface area contributed by atoms with Crippen molar-refractivity contribution in [3.63, 3.8) is 0 Å². The van der Waals surface area contributed by atoms with Crippen molar-refractivity contribution in [3.8, 4) is 55.6 Å². The Hall–Kier alpha value is -4.85. The summed E-state index contributed by atoms with van der Waals surface area (Å²) in [5.41, 5.74) is 19.0. The van der Waals surface area contributed by atoms with E-state index in [-0.39, 0.29) is 17.3 Å². The predicted octanol–water partition coefficient (Wildman–Crippen LogP) is 24.4. The van der Waals surface area contributed by atoms with Crippen molar-refractivity contribution < 1.29 is 29.0 Å². The molecule has 14 heteroatoms. The van der Waals surface area contributed by atoms with Crippen LogP contribution in [-0.4, -0.2) is 102 Å². The second kappa shape index (κ2) is 54.7. The summed E-state index contributed by atoms with van der Waals surface area (Å²) >= 11 is 0. The van der Waals surface area contributed by atoms with Gasteiger partial charge in [0, 0.05) is 42.9 Å². The van der Waals surface area contributed by atoms with Crippen LogP contribution in [0.15, 0.2) is 176 Å². The molecule has 0 radical (unpaired) electrons. The van der Waals surface area contributed by atoms with Crippen molar-refractivity contribution in [3.05, 3.63) is 226 Å². The highest BCUT2D eigenvalue weighted by Gasteiger charge is 2.37. The van der Waals surface area contributed by atoms with Crippen molar-refractivity contribution in [1.82, 2.24) is 9.80 Å². The lowest BCUT2D eigenvalue weighted by molar-refractivity contribution is -0.00442. The van der Waals surface area contributed by atoms with Crippen LogP contribution in [0.2, 0.25) is 0 Å². The Morgan fingerprint density at radius 3 is 0.731 bits per heavy atom. The molecule has 1 N–H and O–H groups in total. The van der Waals surface area contributed by atoms with Gasteiger partial charge >= 0.3 is 0 Å². The van der Waals surface area contributed by atoms with E-state index in [9.17, 15) is 19.5 Å². The first-order valence-corrected chi connectivity index (χ1v) is 43.2. The van der Waals surface area contributed by atoms with Crippen LogP contribution < -0.4 is 0 Å². The van der Waals surface area contributed by atoms with E-state index >= 15 is 0 Å². The Bertz CT molecular complexity index is 3680. The molecule has 8 aromatic rings. The molecule has 2 aliphatic heterocycles. The van der Waals surface area contributed by atoms with Crippen LogP contribution in [0.4, 0.5) is 0 Å². The lowest BCUT2D eigenvalue weighted by Gasteiger charge is -2.39. The molecule has 2 aliphatic rings. The summed E-state index contributed by atoms with van der Waals surface area (Å²) in [6.07, 6.45) is 5.72. The number of morpholine rings is 2. The normalized spacial score (nSPS) is 12.4. The molecule has 0 aliphatic carbocycles. The van der Waals surface area contributed by atoms with Gasteiger partial charge in [-0.1, -0.05) is 269 Å². The van der Waals surface area contributed by atoms with Gasteiger partial charge in [0.15, 0.2) is 17.3 Å². The average Bonchev–Trinajstić information content (AvgIpc) is 1.08. The lowest BCUT2D eigenvalue weighted by atomic mass is 9.89. The Balaban J connectivity index is 0.00000140. The second-order valence-corrected chi connectivity index (χ2v) is 26.4. The summed E-state index contributed by atoms with van der Waals surface area (Å²) in [5.74, 6) is 0.0474. The van der Waals surface area contributed by atoms with E-state index in [0.717, 1.165) is 108 Å². The first kappa shape index (κ1) is 99.2. The van der Waals surface area contributed by atoms with Gasteiger partial charge in [-0.2, -0.15) is 0 Å². The molecule has 0 spiro atoms. The van der Waals surface area contributed by atoms with Crippen LogP contribution in [0.5, 0.6) is 0 Å². The monoisotopic (exact) mass is 1530 g/mol. The quantitative estimate of drug-likeness (QED) is 0.0632. The first-order valence-electron chi connectivity index (χ1n) is 38.3. The van der Waals surface area contributed by atoms with Gasteiger partial charge in [-0.25, -0.2) is 0 Å². The highest BCUT2D eigenvalue weighted by Crippen LogP contribution is 2.34. The van der Waals surface area contributed by atoms with E-state index < -0.39 is 16.7 Å². The van der Waals surface area contributed by atoms with Crippen molar-refractivity contribution in [2.24, 2.45) is 0 Å². The van der Waals surface area contributed by atoms with E-state index in [1.807, 2.05) is 193 Å². The van der Waals surface area contributed by atoms with Crippen LogP contribution in [-0.2, 0) is 46.4 Å². The number of ether oxygens (including phenoxy) is 2. The topological polar surface area (TPSA) is 96.4 Å². The zero-order valence-electron chi connectivity index (χ0n) is 68.0. The molecule has 8 aromatic carbocycles. The fourth-order valence-electron chi connectivity index (χ4n) is 11.4. The molecular formula is C90H136N2O6P6. The highest BCUT2D eigenvalue weighted by molar-refractivity contribution is 7.16. The van der Waals surface area contributed by atoms with E-state index in [1.165, 1.54) is 69.5 Å². The SMILES string of the molecule is CC.CC.CC.CC.CC.CC.CC.CC.CC(C)(C(=O)c1cccc(-c2ccc(-c3ccc(CP)c(CP)c3)cc2)c1)N1CCOCC1.CC(C)(C(=O)c1cccc(-c2ccc(CP)c(CP)c2)c1)N1CCOCC1.CC(C)(O)C(=O)c1cccc(-c2ccc(-c3ccc(CP)c(CP)c3)cc2)c1. The maximum Gasteiger partial charge on any atom is 0.193 e. The molecule has 2 fully saturated rings. The second-order valence-electron chi connectivity index (χ2n) is 23.9. The van der Waals surface area contributed by atoms with Crippen molar-refractivity contribution >= 4 is 72.8 Å². The number of rotatable bonds is 19. The Morgan fingerprint density at radius 2 is 0.500 bits per heavy atom. The van der Waals surface area contributed by atoms with Crippen LogP contribution >= 0.6 is 55.4 Å². The Kier molecular flexibility index (Phi) is 52.1. The minimum atomic E-state index is -1.37. The molecule has 0 amide bonds. The van der Waals surface area contributed by atoms with E-state index in [1.54, 1.807) is 6.07 Å². The maximum absolute atomic E-state index is 13.4. The van der Waals surface area contributed by atoms with Crippen LogP contribution in [0.25, 0.3) is 55.6 Å². The molecule has 572 valence electrons. The van der Waals surface area contributed by atoms with Crippen LogP contribution in [0.3, 0.4) is 0 Å². The van der Waals surface area contributed by atoms with Crippen molar-refractivity contribution in [1.29, 1.82) is 0 Å². The molecule has 2 saturated heterocycles. The number of Topliss-reactive ketones (excluding diaryl/α,β-unsaturated/α-hetero) is 3. The summed E-state index contributed by atoms with van der Waals surface area (Å²) in [6.45, 7) is 49.0. The summed E-state index contributed by atoms with van der Waals surface area (Å²) < 4.78 is 10.9. The minimum absolute atomic E-state index is 0.155. The molecular weight excluding hydrogens is 1390 g/mol. The van der Waals surface area contributed by atoms with E-state index in [4.69, 9.17) is 9.47 Å². The van der Waals surface area contributed by atoms with Crippen molar-refractivity contribution in [2.75, 3.05) is 52.6 Å². The largest absolute Gasteiger partial charge is 0.382 e. The lowest BCUT2D eigenvalue weighted by Crippen LogP contribution is -2.54. The molecule has 0 aromatic heterocycles. The molecule has 6 unspecified atom stereocenters. The van der Waals surface area contributed by atoms with Crippen molar-refractivity contribution in [2.45, 2.75) is 206 Å².